The lowest BCUT2D eigenvalue weighted by molar-refractivity contribution is 0.379. The fourth-order valence-corrected chi connectivity index (χ4v) is 3.07. The van der Waals surface area contributed by atoms with Crippen molar-refractivity contribution in [3.8, 4) is 0 Å². The summed E-state index contributed by atoms with van der Waals surface area (Å²) >= 11 is 1.95. The Labute approximate surface area is 104 Å². The van der Waals surface area contributed by atoms with Crippen LogP contribution in [-0.2, 0) is 0 Å². The third-order valence-corrected chi connectivity index (χ3v) is 4.91. The zero-order chi connectivity index (χ0) is 11.7. The van der Waals surface area contributed by atoms with Crippen molar-refractivity contribution in [1.29, 1.82) is 0 Å². The average Bonchev–Trinajstić information content (AvgIpc) is 2.77. The van der Waals surface area contributed by atoms with Crippen LogP contribution < -0.4 is 5.32 Å². The Balaban J connectivity index is 1.78. The first-order valence-corrected chi connectivity index (χ1v) is 6.99. The van der Waals surface area contributed by atoms with E-state index in [4.69, 9.17) is 0 Å². The van der Waals surface area contributed by atoms with E-state index in [2.05, 4.69) is 26.8 Å². The quantitative estimate of drug-likeness (QED) is 0.895. The maximum Gasteiger partial charge on any atom is 0.203 e. The van der Waals surface area contributed by atoms with E-state index >= 15 is 0 Å². The molecule has 90 valence electrons. The summed E-state index contributed by atoms with van der Waals surface area (Å²) in [5.74, 6) is 0.824. The van der Waals surface area contributed by atoms with Crippen LogP contribution in [0, 0.1) is 0 Å². The molecule has 1 aliphatic rings. The van der Waals surface area contributed by atoms with E-state index in [-0.39, 0.29) is 0 Å². The Morgan fingerprint density at radius 2 is 2.41 bits per heavy atom. The number of thioether (sulfide) groups is 1. The first kappa shape index (κ1) is 10.8. The van der Waals surface area contributed by atoms with Crippen molar-refractivity contribution >= 4 is 23.2 Å². The van der Waals surface area contributed by atoms with E-state index in [0.29, 0.717) is 4.75 Å². The largest absolute Gasteiger partial charge is 0.366 e. The molecule has 1 N–H and O–H groups in total. The number of fused-ring (bicyclic) bond motifs is 1. The first-order valence-electron chi connectivity index (χ1n) is 5.76. The van der Waals surface area contributed by atoms with Gasteiger partial charge in [-0.05, 0) is 19.1 Å². The summed E-state index contributed by atoms with van der Waals surface area (Å²) in [6.45, 7) is 0.952. The normalized spacial score (nSPS) is 17.9. The van der Waals surface area contributed by atoms with Gasteiger partial charge in [-0.2, -0.15) is 11.8 Å². The van der Waals surface area contributed by atoms with Crippen molar-refractivity contribution in [3.05, 3.63) is 18.7 Å². The van der Waals surface area contributed by atoms with Crippen molar-refractivity contribution in [3.63, 3.8) is 0 Å². The van der Waals surface area contributed by atoms with Gasteiger partial charge in [0.2, 0.25) is 5.65 Å². The SMILES string of the molecule is CSC1(CNc2nccn3cnnc23)CCC1. The minimum Gasteiger partial charge on any atom is -0.366 e. The van der Waals surface area contributed by atoms with Gasteiger partial charge < -0.3 is 5.32 Å². The Hall–Kier alpha value is -1.30. The molecule has 1 fully saturated rings. The van der Waals surface area contributed by atoms with Crippen molar-refractivity contribution in [1.82, 2.24) is 19.6 Å². The molecule has 2 aromatic rings. The van der Waals surface area contributed by atoms with Gasteiger partial charge in [0.1, 0.15) is 6.33 Å². The van der Waals surface area contributed by atoms with Crippen molar-refractivity contribution in [2.24, 2.45) is 0 Å². The molecule has 0 spiro atoms. The Kier molecular flexibility index (Phi) is 2.66. The molecule has 0 atom stereocenters. The number of anilines is 1. The number of rotatable bonds is 4. The number of nitrogens with zero attached hydrogens (tertiary/aromatic N) is 4. The van der Waals surface area contributed by atoms with Crippen LogP contribution in [-0.4, -0.2) is 37.1 Å². The lowest BCUT2D eigenvalue weighted by Crippen LogP contribution is -2.40. The monoisotopic (exact) mass is 249 g/mol. The second-order valence-electron chi connectivity index (χ2n) is 4.43. The zero-order valence-corrected chi connectivity index (χ0v) is 10.6. The summed E-state index contributed by atoms with van der Waals surface area (Å²) in [7, 11) is 0. The number of nitrogens with one attached hydrogen (secondary N) is 1. The maximum absolute atomic E-state index is 4.33. The molecule has 0 radical (unpaired) electrons. The van der Waals surface area contributed by atoms with E-state index in [9.17, 15) is 0 Å². The number of hydrogen-bond acceptors (Lipinski definition) is 5. The van der Waals surface area contributed by atoms with E-state index in [1.807, 2.05) is 22.4 Å². The van der Waals surface area contributed by atoms with Gasteiger partial charge in [0, 0.05) is 23.7 Å². The van der Waals surface area contributed by atoms with E-state index in [0.717, 1.165) is 18.0 Å². The van der Waals surface area contributed by atoms with Crippen LogP contribution in [0.2, 0.25) is 0 Å². The van der Waals surface area contributed by atoms with Crippen LogP contribution in [0.15, 0.2) is 18.7 Å². The second-order valence-corrected chi connectivity index (χ2v) is 5.71. The molecule has 17 heavy (non-hydrogen) atoms. The van der Waals surface area contributed by atoms with E-state index in [1.165, 1.54) is 19.3 Å². The molecule has 0 aliphatic heterocycles. The van der Waals surface area contributed by atoms with Gasteiger partial charge in [0.05, 0.1) is 0 Å². The van der Waals surface area contributed by atoms with Gasteiger partial charge in [-0.1, -0.05) is 6.42 Å². The van der Waals surface area contributed by atoms with Crippen LogP contribution >= 0.6 is 11.8 Å². The molecule has 2 heterocycles. The summed E-state index contributed by atoms with van der Waals surface area (Å²) in [5, 5.41) is 11.4. The molecular formula is C11H15N5S. The van der Waals surface area contributed by atoms with Crippen LogP contribution in [0.25, 0.3) is 5.65 Å². The highest BCUT2D eigenvalue weighted by Crippen LogP contribution is 2.42. The minimum atomic E-state index is 0.397. The average molecular weight is 249 g/mol. The molecule has 5 nitrogen and oxygen atoms in total. The van der Waals surface area contributed by atoms with Crippen molar-refractivity contribution in [2.45, 2.75) is 24.0 Å². The van der Waals surface area contributed by atoms with Crippen LogP contribution in [0.5, 0.6) is 0 Å². The third-order valence-electron chi connectivity index (χ3n) is 3.49. The molecular weight excluding hydrogens is 234 g/mol. The Bertz CT molecular complexity index is 514. The summed E-state index contributed by atoms with van der Waals surface area (Å²) < 4.78 is 2.27. The Morgan fingerprint density at radius 1 is 1.53 bits per heavy atom. The molecule has 0 saturated heterocycles. The lowest BCUT2D eigenvalue weighted by atomic mass is 9.84. The maximum atomic E-state index is 4.33. The smallest absolute Gasteiger partial charge is 0.203 e. The molecule has 0 bridgehead atoms. The highest BCUT2D eigenvalue weighted by Gasteiger charge is 2.36. The van der Waals surface area contributed by atoms with Gasteiger partial charge in [-0.3, -0.25) is 4.40 Å². The van der Waals surface area contributed by atoms with Gasteiger partial charge in [0.25, 0.3) is 0 Å². The van der Waals surface area contributed by atoms with Crippen LogP contribution in [0.3, 0.4) is 0 Å². The number of hydrogen-bond donors (Lipinski definition) is 1. The summed E-state index contributed by atoms with van der Waals surface area (Å²) in [5.41, 5.74) is 0.795. The Morgan fingerprint density at radius 3 is 3.12 bits per heavy atom. The molecule has 1 saturated carbocycles. The summed E-state index contributed by atoms with van der Waals surface area (Å²) in [4.78, 5) is 4.33. The molecule has 6 heteroatoms. The molecule has 1 aliphatic carbocycles. The molecule has 3 rings (SSSR count). The lowest BCUT2D eigenvalue weighted by Gasteiger charge is -2.40. The molecule has 0 aromatic carbocycles. The van der Waals surface area contributed by atoms with Gasteiger partial charge in [-0.25, -0.2) is 4.98 Å². The van der Waals surface area contributed by atoms with Crippen molar-refractivity contribution in [2.75, 3.05) is 18.1 Å². The molecule has 2 aromatic heterocycles. The predicted octanol–water partition coefficient (Wildman–Crippen LogP) is 1.82. The zero-order valence-electron chi connectivity index (χ0n) is 9.76. The fourth-order valence-electron chi connectivity index (χ4n) is 2.15. The van der Waals surface area contributed by atoms with Crippen LogP contribution in [0.1, 0.15) is 19.3 Å². The standard InChI is InChI=1S/C11H15N5S/c1-17-11(3-2-4-11)7-13-9-10-15-14-8-16(10)6-5-12-9/h5-6,8H,2-4,7H2,1H3,(H,12,13). The molecule has 0 amide bonds. The second kappa shape index (κ2) is 4.18. The minimum absolute atomic E-state index is 0.397. The number of aromatic nitrogens is 4. The van der Waals surface area contributed by atoms with E-state index in [1.54, 1.807) is 12.5 Å². The highest BCUT2D eigenvalue weighted by atomic mass is 32.2. The fraction of sp³-hybridized carbons (Fsp3) is 0.545. The van der Waals surface area contributed by atoms with E-state index < -0.39 is 0 Å². The summed E-state index contributed by atoms with van der Waals surface area (Å²) in [6, 6.07) is 0. The topological polar surface area (TPSA) is 55.1 Å². The van der Waals surface area contributed by atoms with Crippen molar-refractivity contribution < 1.29 is 0 Å². The van der Waals surface area contributed by atoms with Gasteiger partial charge >= 0.3 is 0 Å². The molecule has 0 unspecified atom stereocenters. The summed E-state index contributed by atoms with van der Waals surface area (Å²) in [6.07, 6.45) is 11.4. The first-order chi connectivity index (χ1) is 8.33. The third kappa shape index (κ3) is 1.86. The predicted molar refractivity (Wildman–Crippen MR) is 69.4 cm³/mol. The van der Waals surface area contributed by atoms with Gasteiger partial charge in [0.15, 0.2) is 5.82 Å². The van der Waals surface area contributed by atoms with Crippen LogP contribution in [0.4, 0.5) is 5.82 Å². The van der Waals surface area contributed by atoms with Gasteiger partial charge in [-0.15, -0.1) is 10.2 Å². The highest BCUT2D eigenvalue weighted by molar-refractivity contribution is 8.00.